The first-order chi connectivity index (χ1) is 13.6. The summed E-state index contributed by atoms with van der Waals surface area (Å²) in [5.41, 5.74) is 6.42. The van der Waals surface area contributed by atoms with Gasteiger partial charge in [0.15, 0.2) is 0 Å². The van der Waals surface area contributed by atoms with Crippen molar-refractivity contribution in [3.8, 4) is 5.75 Å². The van der Waals surface area contributed by atoms with E-state index in [0.29, 0.717) is 12.2 Å². The normalized spacial score (nSPS) is 12.0. The van der Waals surface area contributed by atoms with E-state index < -0.39 is 23.7 Å². The van der Waals surface area contributed by atoms with Gasteiger partial charge in [0.1, 0.15) is 17.4 Å². The molecular formula is C22H27N3O4. The summed E-state index contributed by atoms with van der Waals surface area (Å²) in [5, 5.41) is 9.93. The SMILES string of the molecule is CC(C)(C)OC(=O)N[C@@H](Cc1ccccc1)C(=O)Oc1ccc(CC(=N)N)cc1. The summed E-state index contributed by atoms with van der Waals surface area (Å²) in [6, 6.07) is 15.1. The number of carbonyl (C=O) groups excluding carboxylic acids is 2. The lowest BCUT2D eigenvalue weighted by atomic mass is 10.1. The summed E-state index contributed by atoms with van der Waals surface area (Å²) in [4.78, 5) is 24.9. The van der Waals surface area contributed by atoms with Crippen LogP contribution >= 0.6 is 0 Å². The molecule has 0 bridgehead atoms. The molecule has 7 heteroatoms. The standard InChI is InChI=1S/C22H27N3O4/c1-22(2,3)29-21(27)25-18(13-15-7-5-4-6-8-15)20(26)28-17-11-9-16(10-12-17)14-19(23)24/h4-12,18H,13-14H2,1-3H3,(H3,23,24)(H,25,27)/t18-/m0/s1. The van der Waals surface area contributed by atoms with Crippen LogP contribution in [0.1, 0.15) is 31.9 Å². The van der Waals surface area contributed by atoms with Gasteiger partial charge in [-0.3, -0.25) is 5.41 Å². The molecule has 0 aliphatic carbocycles. The van der Waals surface area contributed by atoms with Crippen LogP contribution in [-0.4, -0.2) is 29.5 Å². The van der Waals surface area contributed by atoms with Gasteiger partial charge in [0, 0.05) is 12.8 Å². The number of hydrogen-bond donors (Lipinski definition) is 3. The fourth-order valence-corrected chi connectivity index (χ4v) is 2.58. The molecule has 0 aliphatic rings. The Morgan fingerprint density at radius 2 is 1.66 bits per heavy atom. The Kier molecular flexibility index (Phi) is 7.36. The summed E-state index contributed by atoms with van der Waals surface area (Å²) in [6.45, 7) is 5.25. The highest BCUT2D eigenvalue weighted by molar-refractivity contribution is 5.83. The fourth-order valence-electron chi connectivity index (χ4n) is 2.58. The minimum absolute atomic E-state index is 0.0548. The number of carbonyl (C=O) groups is 2. The number of amidine groups is 1. The van der Waals surface area contributed by atoms with Crippen molar-refractivity contribution in [2.75, 3.05) is 0 Å². The average Bonchev–Trinajstić information content (AvgIpc) is 2.61. The summed E-state index contributed by atoms with van der Waals surface area (Å²) >= 11 is 0. The maximum atomic E-state index is 12.7. The van der Waals surface area contributed by atoms with Crippen molar-refractivity contribution in [3.05, 3.63) is 65.7 Å². The van der Waals surface area contributed by atoms with Gasteiger partial charge in [-0.1, -0.05) is 42.5 Å². The quantitative estimate of drug-likeness (QED) is 0.287. The highest BCUT2D eigenvalue weighted by Crippen LogP contribution is 2.15. The third-order valence-electron chi connectivity index (χ3n) is 3.79. The summed E-state index contributed by atoms with van der Waals surface area (Å²) in [5.74, 6) is -0.204. The molecule has 29 heavy (non-hydrogen) atoms. The van der Waals surface area contributed by atoms with Crippen LogP contribution in [0.25, 0.3) is 0 Å². The van der Waals surface area contributed by atoms with Gasteiger partial charge in [0.2, 0.25) is 0 Å². The van der Waals surface area contributed by atoms with Crippen LogP contribution in [0.3, 0.4) is 0 Å². The molecule has 154 valence electrons. The van der Waals surface area contributed by atoms with Crippen LogP contribution in [-0.2, 0) is 22.4 Å². The van der Waals surface area contributed by atoms with E-state index in [1.807, 2.05) is 30.3 Å². The second-order valence-electron chi connectivity index (χ2n) is 7.66. The van der Waals surface area contributed by atoms with E-state index >= 15 is 0 Å². The van der Waals surface area contributed by atoms with Crippen LogP contribution in [0.4, 0.5) is 4.79 Å². The Morgan fingerprint density at radius 1 is 1.03 bits per heavy atom. The number of rotatable bonds is 7. The predicted octanol–water partition coefficient (Wildman–Crippen LogP) is 3.21. The molecule has 0 heterocycles. The Labute approximate surface area is 170 Å². The first kappa shape index (κ1) is 21.9. The van der Waals surface area contributed by atoms with E-state index in [-0.39, 0.29) is 12.3 Å². The number of benzene rings is 2. The van der Waals surface area contributed by atoms with Gasteiger partial charge >= 0.3 is 12.1 Å². The zero-order valence-electron chi connectivity index (χ0n) is 16.9. The Morgan fingerprint density at radius 3 is 2.21 bits per heavy atom. The lowest BCUT2D eigenvalue weighted by molar-refractivity contribution is -0.136. The van der Waals surface area contributed by atoms with Crippen molar-refractivity contribution in [2.24, 2.45) is 5.73 Å². The third-order valence-corrected chi connectivity index (χ3v) is 3.79. The number of nitrogens with two attached hydrogens (primary N) is 1. The van der Waals surface area contributed by atoms with Gasteiger partial charge in [0.25, 0.3) is 0 Å². The van der Waals surface area contributed by atoms with Crippen molar-refractivity contribution >= 4 is 17.9 Å². The summed E-state index contributed by atoms with van der Waals surface area (Å²) < 4.78 is 10.7. The molecule has 0 fully saturated rings. The van der Waals surface area contributed by atoms with Gasteiger partial charge in [0.05, 0.1) is 5.84 Å². The van der Waals surface area contributed by atoms with Gasteiger partial charge in [-0.2, -0.15) is 0 Å². The van der Waals surface area contributed by atoms with Crippen LogP contribution in [0.2, 0.25) is 0 Å². The smallest absolute Gasteiger partial charge is 0.408 e. The molecule has 0 aliphatic heterocycles. The van der Waals surface area contributed by atoms with Crippen LogP contribution < -0.4 is 15.8 Å². The number of esters is 1. The molecule has 2 aromatic carbocycles. The maximum absolute atomic E-state index is 12.7. The summed E-state index contributed by atoms with van der Waals surface area (Å²) in [6.07, 6.45) is -0.0981. The second-order valence-corrected chi connectivity index (χ2v) is 7.66. The van der Waals surface area contributed by atoms with Crippen LogP contribution in [0.5, 0.6) is 5.75 Å². The highest BCUT2D eigenvalue weighted by Gasteiger charge is 2.26. The average molecular weight is 397 g/mol. The van der Waals surface area contributed by atoms with Gasteiger partial charge < -0.3 is 20.5 Å². The van der Waals surface area contributed by atoms with Crippen LogP contribution in [0.15, 0.2) is 54.6 Å². The van der Waals surface area contributed by atoms with E-state index in [1.54, 1.807) is 45.0 Å². The Balaban J connectivity index is 2.10. The second kappa shape index (κ2) is 9.73. The van der Waals surface area contributed by atoms with Crippen molar-refractivity contribution in [1.29, 1.82) is 5.41 Å². The van der Waals surface area contributed by atoms with Crippen molar-refractivity contribution in [1.82, 2.24) is 5.32 Å². The zero-order chi connectivity index (χ0) is 21.4. The minimum Gasteiger partial charge on any atom is -0.444 e. The summed E-state index contributed by atoms with van der Waals surface area (Å²) in [7, 11) is 0. The van der Waals surface area contributed by atoms with Crippen LogP contribution in [0, 0.1) is 5.41 Å². The molecule has 0 saturated heterocycles. The molecule has 0 aromatic heterocycles. The van der Waals surface area contributed by atoms with E-state index in [4.69, 9.17) is 20.6 Å². The maximum Gasteiger partial charge on any atom is 0.408 e. The van der Waals surface area contributed by atoms with Gasteiger partial charge in [-0.25, -0.2) is 9.59 Å². The molecule has 7 nitrogen and oxygen atoms in total. The lowest BCUT2D eigenvalue weighted by Crippen LogP contribution is -2.46. The monoisotopic (exact) mass is 397 g/mol. The molecule has 2 aromatic rings. The van der Waals surface area contributed by atoms with Crippen molar-refractivity contribution < 1.29 is 19.1 Å². The van der Waals surface area contributed by atoms with E-state index in [0.717, 1.165) is 11.1 Å². The molecule has 2 rings (SSSR count). The van der Waals surface area contributed by atoms with E-state index in [2.05, 4.69) is 5.32 Å². The minimum atomic E-state index is -0.913. The largest absolute Gasteiger partial charge is 0.444 e. The predicted molar refractivity (Wildman–Crippen MR) is 111 cm³/mol. The first-order valence-electron chi connectivity index (χ1n) is 9.29. The molecule has 0 unspecified atom stereocenters. The number of nitrogens with one attached hydrogen (secondary N) is 2. The number of hydrogen-bond acceptors (Lipinski definition) is 5. The third kappa shape index (κ3) is 8.04. The topological polar surface area (TPSA) is 114 Å². The number of alkyl carbamates (subject to hydrolysis) is 1. The molecular weight excluding hydrogens is 370 g/mol. The van der Waals surface area contributed by atoms with Crippen molar-refractivity contribution in [2.45, 2.75) is 45.3 Å². The van der Waals surface area contributed by atoms with E-state index in [1.165, 1.54) is 0 Å². The molecule has 0 saturated carbocycles. The van der Waals surface area contributed by atoms with Crippen molar-refractivity contribution in [3.63, 3.8) is 0 Å². The molecule has 0 spiro atoms. The molecule has 1 atom stereocenters. The number of amides is 1. The fraction of sp³-hybridized carbons (Fsp3) is 0.318. The first-order valence-corrected chi connectivity index (χ1v) is 9.29. The molecule has 0 radical (unpaired) electrons. The molecule has 4 N–H and O–H groups in total. The zero-order valence-corrected chi connectivity index (χ0v) is 16.9. The van der Waals surface area contributed by atoms with Gasteiger partial charge in [-0.05, 0) is 44.0 Å². The van der Waals surface area contributed by atoms with Gasteiger partial charge in [-0.15, -0.1) is 0 Å². The molecule has 1 amide bonds. The Bertz CT molecular complexity index is 843. The highest BCUT2D eigenvalue weighted by atomic mass is 16.6. The lowest BCUT2D eigenvalue weighted by Gasteiger charge is -2.23. The number of ether oxygens (including phenoxy) is 2. The Hall–Kier alpha value is -3.35. The van der Waals surface area contributed by atoms with E-state index in [9.17, 15) is 9.59 Å².